The van der Waals surface area contributed by atoms with Crippen molar-refractivity contribution in [3.05, 3.63) is 63.7 Å². The summed E-state index contributed by atoms with van der Waals surface area (Å²) in [6.45, 7) is 1.91. The van der Waals surface area contributed by atoms with Gasteiger partial charge in [-0.2, -0.15) is 5.10 Å². The molecule has 2 rings (SSSR count). The maximum atomic E-state index is 11.8. The number of aryl methyl sites for hydroxylation is 1. The van der Waals surface area contributed by atoms with Crippen molar-refractivity contribution in [2.24, 2.45) is 5.10 Å². The first-order valence-corrected chi connectivity index (χ1v) is 8.50. The monoisotopic (exact) mass is 371 g/mol. The molecule has 0 atom stereocenters. The number of aromatic hydroxyl groups is 1. The summed E-state index contributed by atoms with van der Waals surface area (Å²) < 4.78 is 5.38. The third-order valence-corrected chi connectivity index (χ3v) is 3.73. The van der Waals surface area contributed by atoms with Crippen molar-refractivity contribution in [1.29, 1.82) is 0 Å². The Morgan fingerprint density at radius 3 is 2.70 bits per heavy atom. The number of hydrogen-bond acceptors (Lipinski definition) is 6. The van der Waals surface area contributed by atoms with Crippen LogP contribution in [0.2, 0.25) is 0 Å². The Morgan fingerprint density at radius 2 is 2.04 bits per heavy atom. The van der Waals surface area contributed by atoms with Crippen molar-refractivity contribution in [2.75, 3.05) is 6.61 Å². The molecule has 0 aliphatic carbocycles. The van der Waals surface area contributed by atoms with E-state index in [1.165, 1.54) is 17.7 Å². The van der Waals surface area contributed by atoms with Crippen LogP contribution in [0.25, 0.3) is 0 Å². The number of phenolic OH excluding ortho intramolecular Hbond substituents is 1. The summed E-state index contributed by atoms with van der Waals surface area (Å²) in [5.74, 6) is -0.102. The minimum atomic E-state index is -0.587. The van der Waals surface area contributed by atoms with Crippen LogP contribution in [0.1, 0.15) is 30.9 Å². The molecule has 27 heavy (non-hydrogen) atoms. The van der Waals surface area contributed by atoms with Crippen LogP contribution in [0, 0.1) is 10.1 Å². The Kier molecular flexibility index (Phi) is 7.30. The molecule has 0 unspecified atom stereocenters. The largest absolute Gasteiger partial charge is 0.507 e. The van der Waals surface area contributed by atoms with Crippen LogP contribution < -0.4 is 10.2 Å². The van der Waals surface area contributed by atoms with E-state index in [0.717, 1.165) is 31.5 Å². The van der Waals surface area contributed by atoms with Crippen molar-refractivity contribution < 1.29 is 19.6 Å². The summed E-state index contributed by atoms with van der Waals surface area (Å²) in [4.78, 5) is 21.9. The summed E-state index contributed by atoms with van der Waals surface area (Å²) in [5, 5.41) is 24.1. The third kappa shape index (κ3) is 6.43. The van der Waals surface area contributed by atoms with Gasteiger partial charge in [0.05, 0.1) is 11.1 Å². The SMILES string of the molecule is CCCCc1ccc(OCC(=O)NN=Cc2cc([N+](=O)[O-])ccc2O)cc1. The molecule has 0 spiro atoms. The number of hydrazone groups is 1. The van der Waals surface area contributed by atoms with Gasteiger partial charge in [-0.15, -0.1) is 0 Å². The maximum absolute atomic E-state index is 11.8. The number of carbonyl (C=O) groups is 1. The van der Waals surface area contributed by atoms with Crippen LogP contribution in [0.5, 0.6) is 11.5 Å². The fourth-order valence-corrected chi connectivity index (χ4v) is 2.25. The van der Waals surface area contributed by atoms with Crippen LogP contribution in [0.15, 0.2) is 47.6 Å². The maximum Gasteiger partial charge on any atom is 0.277 e. The van der Waals surface area contributed by atoms with E-state index in [9.17, 15) is 20.0 Å². The van der Waals surface area contributed by atoms with Crippen molar-refractivity contribution in [3.8, 4) is 11.5 Å². The molecule has 2 aromatic carbocycles. The van der Waals surface area contributed by atoms with E-state index in [4.69, 9.17) is 4.74 Å². The smallest absolute Gasteiger partial charge is 0.277 e. The van der Waals surface area contributed by atoms with Gasteiger partial charge in [-0.05, 0) is 36.6 Å². The van der Waals surface area contributed by atoms with E-state index < -0.39 is 10.8 Å². The Balaban J connectivity index is 1.83. The minimum Gasteiger partial charge on any atom is -0.507 e. The van der Waals surface area contributed by atoms with Crippen LogP contribution in [0.4, 0.5) is 5.69 Å². The predicted octanol–water partition coefficient (Wildman–Crippen LogP) is 3.17. The highest BCUT2D eigenvalue weighted by Gasteiger charge is 2.09. The Hall–Kier alpha value is -3.42. The summed E-state index contributed by atoms with van der Waals surface area (Å²) in [5.41, 5.74) is 3.39. The number of nitrogens with one attached hydrogen (secondary N) is 1. The van der Waals surface area contributed by atoms with Crippen LogP contribution in [-0.2, 0) is 11.2 Å². The van der Waals surface area contributed by atoms with E-state index in [2.05, 4.69) is 17.5 Å². The van der Waals surface area contributed by atoms with Crippen LogP contribution >= 0.6 is 0 Å². The number of nitro benzene ring substituents is 1. The first-order valence-electron chi connectivity index (χ1n) is 8.50. The number of rotatable bonds is 9. The number of phenols is 1. The minimum absolute atomic E-state index is 0.119. The molecule has 1 amide bonds. The van der Waals surface area contributed by atoms with Crippen LogP contribution in [-0.4, -0.2) is 28.8 Å². The van der Waals surface area contributed by atoms with Crippen molar-refractivity contribution in [3.63, 3.8) is 0 Å². The molecule has 0 saturated carbocycles. The third-order valence-electron chi connectivity index (χ3n) is 3.73. The second-order valence-corrected chi connectivity index (χ2v) is 5.83. The van der Waals surface area contributed by atoms with Crippen molar-refractivity contribution >= 4 is 17.8 Å². The number of unbranched alkanes of at least 4 members (excludes halogenated alkanes) is 1. The molecule has 0 radical (unpaired) electrons. The Labute approximate surface area is 156 Å². The summed E-state index contributed by atoms with van der Waals surface area (Å²) >= 11 is 0. The molecule has 142 valence electrons. The number of non-ortho nitro benzene ring substituents is 1. The highest BCUT2D eigenvalue weighted by atomic mass is 16.6. The quantitative estimate of drug-likeness (QED) is 0.399. The number of nitrogens with zero attached hydrogens (tertiary/aromatic N) is 2. The molecule has 0 saturated heterocycles. The molecule has 8 nitrogen and oxygen atoms in total. The number of benzene rings is 2. The zero-order valence-corrected chi connectivity index (χ0v) is 14.9. The lowest BCUT2D eigenvalue weighted by Crippen LogP contribution is -2.24. The second-order valence-electron chi connectivity index (χ2n) is 5.83. The number of hydrogen-bond donors (Lipinski definition) is 2. The van der Waals surface area contributed by atoms with Gasteiger partial charge in [-0.3, -0.25) is 14.9 Å². The lowest BCUT2D eigenvalue weighted by Gasteiger charge is -2.06. The van der Waals surface area contributed by atoms with E-state index in [-0.39, 0.29) is 23.6 Å². The zero-order chi connectivity index (χ0) is 19.6. The average molecular weight is 371 g/mol. The van der Waals surface area contributed by atoms with E-state index in [0.29, 0.717) is 5.75 Å². The first kappa shape index (κ1) is 19.9. The zero-order valence-electron chi connectivity index (χ0n) is 14.9. The topological polar surface area (TPSA) is 114 Å². The summed E-state index contributed by atoms with van der Waals surface area (Å²) in [6, 6.07) is 11.1. The molecule has 0 heterocycles. The summed E-state index contributed by atoms with van der Waals surface area (Å²) in [6.07, 6.45) is 4.40. The number of ether oxygens (including phenoxy) is 1. The van der Waals surface area contributed by atoms with Gasteiger partial charge in [-0.1, -0.05) is 25.5 Å². The number of amides is 1. The molecule has 0 aliphatic heterocycles. The van der Waals surface area contributed by atoms with Gasteiger partial charge in [-0.25, -0.2) is 5.43 Å². The molecule has 0 aliphatic rings. The highest BCUT2D eigenvalue weighted by molar-refractivity contribution is 5.86. The molecule has 2 aromatic rings. The Bertz CT molecular complexity index is 819. The summed E-state index contributed by atoms with van der Waals surface area (Å²) in [7, 11) is 0. The van der Waals surface area contributed by atoms with Crippen molar-refractivity contribution in [2.45, 2.75) is 26.2 Å². The first-order chi connectivity index (χ1) is 13.0. The van der Waals surface area contributed by atoms with E-state index in [1.807, 2.05) is 24.3 Å². The van der Waals surface area contributed by atoms with Crippen LogP contribution in [0.3, 0.4) is 0 Å². The van der Waals surface area contributed by atoms with Gasteiger partial charge in [0.1, 0.15) is 11.5 Å². The highest BCUT2D eigenvalue weighted by Crippen LogP contribution is 2.21. The average Bonchev–Trinajstić information content (AvgIpc) is 2.66. The van der Waals surface area contributed by atoms with Gasteiger partial charge in [0.15, 0.2) is 6.61 Å². The molecule has 0 fully saturated rings. The number of nitro groups is 1. The molecule has 2 N–H and O–H groups in total. The lowest BCUT2D eigenvalue weighted by atomic mass is 10.1. The normalized spacial score (nSPS) is 10.7. The van der Waals surface area contributed by atoms with Crippen molar-refractivity contribution in [1.82, 2.24) is 5.43 Å². The van der Waals surface area contributed by atoms with Gasteiger partial charge in [0, 0.05) is 17.7 Å². The van der Waals surface area contributed by atoms with E-state index >= 15 is 0 Å². The van der Waals surface area contributed by atoms with Gasteiger partial charge >= 0.3 is 0 Å². The van der Waals surface area contributed by atoms with Gasteiger partial charge in [0.2, 0.25) is 0 Å². The molecule has 0 bridgehead atoms. The molecule has 8 heteroatoms. The second kappa shape index (κ2) is 9.91. The van der Waals surface area contributed by atoms with Gasteiger partial charge < -0.3 is 9.84 Å². The van der Waals surface area contributed by atoms with E-state index in [1.54, 1.807) is 0 Å². The molecular weight excluding hydrogens is 350 g/mol. The number of carbonyl (C=O) groups excluding carboxylic acids is 1. The fraction of sp³-hybridized carbons (Fsp3) is 0.263. The predicted molar refractivity (Wildman–Crippen MR) is 101 cm³/mol. The van der Waals surface area contributed by atoms with Gasteiger partial charge in [0.25, 0.3) is 11.6 Å². The lowest BCUT2D eigenvalue weighted by molar-refractivity contribution is -0.384. The fourth-order valence-electron chi connectivity index (χ4n) is 2.25. The Morgan fingerprint density at radius 1 is 1.30 bits per heavy atom. The molecule has 0 aromatic heterocycles. The molecular formula is C19H21N3O5. The standard InChI is InChI=1S/C19H21N3O5/c1-2-3-4-14-5-8-17(9-6-14)27-13-19(24)21-20-12-15-11-16(22(25)26)7-10-18(15)23/h5-12,23H,2-4,13H2,1H3,(H,21,24).